The largest absolute Gasteiger partial charge is 0.512 e. The number of aliphatic hydroxyl groups excluding tert-OH is 1. The zero-order valence-electron chi connectivity index (χ0n) is 10.3. The van der Waals surface area contributed by atoms with Crippen LogP contribution in [0.1, 0.15) is 51.4 Å². The van der Waals surface area contributed by atoms with Crippen LogP contribution in [0.3, 0.4) is 0 Å². The van der Waals surface area contributed by atoms with Crippen LogP contribution < -0.4 is 0 Å². The Bertz CT molecular complexity index is 317. The molecule has 0 radical (unpaired) electrons. The van der Waals surface area contributed by atoms with Crippen molar-refractivity contribution in [2.75, 3.05) is 7.11 Å². The molecule has 17 heavy (non-hydrogen) atoms. The third-order valence-corrected chi connectivity index (χ3v) is 3.04. The molecule has 0 aliphatic heterocycles. The number of rotatable bonds is 5. The smallest absolute Gasteiger partial charge is 0.305 e. The number of esters is 1. The van der Waals surface area contributed by atoms with Gasteiger partial charge >= 0.3 is 5.97 Å². The number of unbranched alkanes of at least 4 members (excludes halogenated alkanes) is 1. The van der Waals surface area contributed by atoms with Crippen LogP contribution in [0.5, 0.6) is 0 Å². The summed E-state index contributed by atoms with van der Waals surface area (Å²) in [5.74, 6) is 0.0761. The molecule has 0 amide bonds. The summed E-state index contributed by atoms with van der Waals surface area (Å²) in [5.41, 5.74) is 0.606. The Hall–Kier alpha value is -1.32. The molecule has 0 spiro atoms. The van der Waals surface area contributed by atoms with Crippen LogP contribution in [0.15, 0.2) is 11.3 Å². The highest BCUT2D eigenvalue weighted by molar-refractivity contribution is 5.96. The topological polar surface area (TPSA) is 63.6 Å². The van der Waals surface area contributed by atoms with E-state index in [9.17, 15) is 14.7 Å². The van der Waals surface area contributed by atoms with E-state index in [-0.39, 0.29) is 17.5 Å². The number of ether oxygens (including phenoxy) is 1. The van der Waals surface area contributed by atoms with Gasteiger partial charge in [0.2, 0.25) is 0 Å². The van der Waals surface area contributed by atoms with E-state index in [4.69, 9.17) is 0 Å². The Morgan fingerprint density at radius 2 is 1.88 bits per heavy atom. The lowest BCUT2D eigenvalue weighted by molar-refractivity contribution is -0.140. The highest BCUT2D eigenvalue weighted by Crippen LogP contribution is 2.24. The zero-order chi connectivity index (χ0) is 12.7. The SMILES string of the molecule is COC(=O)CCCC/C(O)=C1\CCCCC1=O. The summed E-state index contributed by atoms with van der Waals surface area (Å²) in [5, 5.41) is 9.81. The number of allylic oxidation sites excluding steroid dienone is 2. The second kappa shape index (κ2) is 7.09. The molecule has 0 heterocycles. The molecule has 1 N–H and O–H groups in total. The van der Waals surface area contributed by atoms with Gasteiger partial charge in [-0.2, -0.15) is 0 Å². The number of hydrogen-bond acceptors (Lipinski definition) is 4. The third kappa shape index (κ3) is 4.59. The maximum atomic E-state index is 11.5. The summed E-state index contributed by atoms with van der Waals surface area (Å²) in [6, 6.07) is 0. The fourth-order valence-electron chi connectivity index (χ4n) is 2.00. The van der Waals surface area contributed by atoms with Crippen molar-refractivity contribution in [1.29, 1.82) is 0 Å². The van der Waals surface area contributed by atoms with Crippen molar-refractivity contribution < 1.29 is 19.4 Å². The molecule has 1 aliphatic rings. The van der Waals surface area contributed by atoms with Crippen LogP contribution in [-0.4, -0.2) is 24.0 Å². The highest BCUT2D eigenvalue weighted by Gasteiger charge is 2.18. The minimum atomic E-state index is -0.231. The molecule has 96 valence electrons. The van der Waals surface area contributed by atoms with Gasteiger partial charge in [-0.1, -0.05) is 0 Å². The van der Waals surface area contributed by atoms with Gasteiger partial charge in [0.15, 0.2) is 5.78 Å². The van der Waals surface area contributed by atoms with Crippen LogP contribution in [0.25, 0.3) is 0 Å². The summed E-state index contributed by atoms with van der Waals surface area (Å²) in [6.45, 7) is 0. The first-order valence-electron chi connectivity index (χ1n) is 6.16. The molecule has 0 aromatic carbocycles. The highest BCUT2D eigenvalue weighted by atomic mass is 16.5. The van der Waals surface area contributed by atoms with E-state index in [2.05, 4.69) is 4.74 Å². The summed E-state index contributed by atoms with van der Waals surface area (Å²) in [6.07, 6.45) is 5.40. The molecule has 1 aliphatic carbocycles. The second-order valence-corrected chi connectivity index (χ2v) is 4.34. The number of carbonyl (C=O) groups is 2. The zero-order valence-corrected chi connectivity index (χ0v) is 10.3. The van der Waals surface area contributed by atoms with E-state index in [1.54, 1.807) is 0 Å². The molecule has 0 aromatic heterocycles. The molecule has 0 atom stereocenters. The fraction of sp³-hybridized carbons (Fsp3) is 0.692. The predicted octanol–water partition coefficient (Wildman–Crippen LogP) is 2.68. The van der Waals surface area contributed by atoms with E-state index in [1.807, 2.05) is 0 Å². The summed E-state index contributed by atoms with van der Waals surface area (Å²) >= 11 is 0. The third-order valence-electron chi connectivity index (χ3n) is 3.04. The van der Waals surface area contributed by atoms with Gasteiger partial charge < -0.3 is 9.84 Å². The summed E-state index contributed by atoms with van der Waals surface area (Å²) < 4.78 is 4.52. The van der Waals surface area contributed by atoms with Crippen LogP contribution >= 0.6 is 0 Å². The number of aliphatic hydroxyl groups is 1. The van der Waals surface area contributed by atoms with Gasteiger partial charge in [0.1, 0.15) is 0 Å². The first-order chi connectivity index (χ1) is 8.15. The normalized spacial score (nSPS) is 19.0. The standard InChI is InChI=1S/C13H20O4/c1-17-13(16)9-5-4-8-12(15)10-6-2-3-7-11(10)14/h15H,2-9H2,1H3/b12-10-. The van der Waals surface area contributed by atoms with E-state index in [1.165, 1.54) is 7.11 Å². The lowest BCUT2D eigenvalue weighted by atomic mass is 9.91. The Labute approximate surface area is 102 Å². The van der Waals surface area contributed by atoms with Gasteiger partial charge in [0, 0.05) is 24.8 Å². The Morgan fingerprint density at radius 1 is 1.24 bits per heavy atom. The minimum Gasteiger partial charge on any atom is -0.512 e. The van der Waals surface area contributed by atoms with Crippen molar-refractivity contribution in [3.63, 3.8) is 0 Å². The van der Waals surface area contributed by atoms with Crippen LogP contribution in [0, 0.1) is 0 Å². The van der Waals surface area contributed by atoms with Crippen LogP contribution in [-0.2, 0) is 14.3 Å². The first kappa shape index (κ1) is 13.7. The van der Waals surface area contributed by atoms with E-state index >= 15 is 0 Å². The van der Waals surface area contributed by atoms with E-state index in [0.29, 0.717) is 44.1 Å². The lowest BCUT2D eigenvalue weighted by Crippen LogP contribution is -2.11. The van der Waals surface area contributed by atoms with Crippen LogP contribution in [0.2, 0.25) is 0 Å². The molecular formula is C13H20O4. The number of ketones is 1. The van der Waals surface area contributed by atoms with Crippen LogP contribution in [0.4, 0.5) is 0 Å². The van der Waals surface area contributed by atoms with Crippen molar-refractivity contribution >= 4 is 11.8 Å². The van der Waals surface area contributed by atoms with Crippen molar-refractivity contribution in [1.82, 2.24) is 0 Å². The summed E-state index contributed by atoms with van der Waals surface area (Å²) in [7, 11) is 1.36. The number of Topliss-reactive ketones (excluding diaryl/α,β-unsaturated/α-hetero) is 1. The lowest BCUT2D eigenvalue weighted by Gasteiger charge is -2.14. The Balaban J connectivity index is 2.32. The summed E-state index contributed by atoms with van der Waals surface area (Å²) in [4.78, 5) is 22.4. The molecule has 0 aromatic rings. The van der Waals surface area contributed by atoms with Gasteiger partial charge in [-0.3, -0.25) is 9.59 Å². The quantitative estimate of drug-likeness (QED) is 0.347. The van der Waals surface area contributed by atoms with E-state index < -0.39 is 0 Å². The van der Waals surface area contributed by atoms with Gasteiger partial charge in [-0.05, 0) is 32.1 Å². The maximum Gasteiger partial charge on any atom is 0.305 e. The Morgan fingerprint density at radius 3 is 2.53 bits per heavy atom. The molecule has 4 nitrogen and oxygen atoms in total. The number of carbonyl (C=O) groups excluding carboxylic acids is 2. The predicted molar refractivity (Wildman–Crippen MR) is 63.6 cm³/mol. The van der Waals surface area contributed by atoms with Gasteiger partial charge in [0.25, 0.3) is 0 Å². The molecule has 0 unspecified atom stereocenters. The average molecular weight is 240 g/mol. The molecular weight excluding hydrogens is 220 g/mol. The van der Waals surface area contributed by atoms with E-state index in [0.717, 1.165) is 12.8 Å². The average Bonchev–Trinajstić information content (AvgIpc) is 2.34. The fourth-order valence-corrected chi connectivity index (χ4v) is 2.00. The minimum absolute atomic E-state index is 0.0849. The Kier molecular flexibility index (Phi) is 5.73. The number of hydrogen-bond donors (Lipinski definition) is 1. The first-order valence-corrected chi connectivity index (χ1v) is 6.16. The molecule has 0 saturated heterocycles. The molecule has 4 heteroatoms. The molecule has 1 fully saturated rings. The maximum absolute atomic E-state index is 11.5. The van der Waals surface area contributed by atoms with Gasteiger partial charge in [-0.25, -0.2) is 0 Å². The molecule has 1 rings (SSSR count). The molecule has 1 saturated carbocycles. The van der Waals surface area contributed by atoms with Gasteiger partial charge in [0.05, 0.1) is 12.9 Å². The second-order valence-electron chi connectivity index (χ2n) is 4.34. The molecule has 0 bridgehead atoms. The van der Waals surface area contributed by atoms with Crippen molar-refractivity contribution in [2.24, 2.45) is 0 Å². The monoisotopic (exact) mass is 240 g/mol. The van der Waals surface area contributed by atoms with Crippen molar-refractivity contribution in [3.05, 3.63) is 11.3 Å². The van der Waals surface area contributed by atoms with Crippen molar-refractivity contribution in [2.45, 2.75) is 51.4 Å². The number of methoxy groups -OCH3 is 1. The van der Waals surface area contributed by atoms with Crippen molar-refractivity contribution in [3.8, 4) is 0 Å². The van der Waals surface area contributed by atoms with Gasteiger partial charge in [-0.15, -0.1) is 0 Å².